The van der Waals surface area contributed by atoms with Crippen LogP contribution < -0.4 is 15.4 Å². The molecule has 1 aromatic rings. The van der Waals surface area contributed by atoms with Crippen LogP contribution in [0.4, 0.5) is 0 Å². The maximum absolute atomic E-state index is 5.69. The summed E-state index contributed by atoms with van der Waals surface area (Å²) in [5.74, 6) is 3.30. The number of thioether (sulfide) groups is 1. The Morgan fingerprint density at radius 2 is 2.17 bits per heavy atom. The molecule has 1 heterocycles. The van der Waals surface area contributed by atoms with Crippen molar-refractivity contribution in [1.29, 1.82) is 0 Å². The topological polar surface area (TPSA) is 64.1 Å². The van der Waals surface area contributed by atoms with Crippen molar-refractivity contribution in [2.75, 3.05) is 52.8 Å². The molecule has 0 amide bonds. The number of rotatable bonds is 12. The Labute approximate surface area is 197 Å². The van der Waals surface area contributed by atoms with Gasteiger partial charge in [0.1, 0.15) is 5.75 Å². The van der Waals surface area contributed by atoms with Crippen molar-refractivity contribution >= 4 is 41.7 Å². The number of hydrogen-bond donors (Lipinski definition) is 2. The van der Waals surface area contributed by atoms with E-state index in [1.54, 1.807) is 14.2 Å². The molecule has 2 N–H and O–H groups in total. The van der Waals surface area contributed by atoms with Gasteiger partial charge in [0.2, 0.25) is 0 Å². The van der Waals surface area contributed by atoms with Gasteiger partial charge in [-0.15, -0.1) is 35.7 Å². The zero-order valence-corrected chi connectivity index (χ0v) is 21.0. The molecule has 1 aliphatic rings. The van der Waals surface area contributed by atoms with E-state index in [0.717, 1.165) is 63.0 Å². The first kappa shape index (κ1) is 26.3. The summed E-state index contributed by atoms with van der Waals surface area (Å²) < 4.78 is 16.6. The highest BCUT2D eigenvalue weighted by Gasteiger charge is 2.15. The second-order valence-corrected chi connectivity index (χ2v) is 8.07. The first-order valence-corrected chi connectivity index (χ1v) is 11.1. The van der Waals surface area contributed by atoms with E-state index in [1.807, 2.05) is 30.0 Å². The maximum Gasteiger partial charge on any atom is 0.190 e. The number of methoxy groups -OCH3 is 1. The van der Waals surface area contributed by atoms with Crippen LogP contribution in [0.2, 0.25) is 0 Å². The minimum Gasteiger partial charge on any atom is -0.496 e. The van der Waals surface area contributed by atoms with Crippen LogP contribution >= 0.6 is 35.7 Å². The molecule has 2 atom stereocenters. The van der Waals surface area contributed by atoms with Crippen molar-refractivity contribution in [3.05, 3.63) is 24.3 Å². The van der Waals surface area contributed by atoms with E-state index in [1.165, 1.54) is 4.90 Å². The Kier molecular flexibility index (Phi) is 14.6. The Bertz CT molecular complexity index is 586. The predicted octanol–water partition coefficient (Wildman–Crippen LogP) is 3.79. The number of guanidine groups is 1. The molecule has 0 aromatic heterocycles. The van der Waals surface area contributed by atoms with E-state index in [0.29, 0.717) is 18.6 Å². The Hall–Kier alpha value is -0.710. The Morgan fingerprint density at radius 1 is 1.34 bits per heavy atom. The van der Waals surface area contributed by atoms with Crippen molar-refractivity contribution in [2.24, 2.45) is 10.9 Å². The fourth-order valence-electron chi connectivity index (χ4n) is 2.89. The lowest BCUT2D eigenvalue weighted by atomic mass is 10.2. The van der Waals surface area contributed by atoms with Crippen LogP contribution in [0.5, 0.6) is 5.75 Å². The highest BCUT2D eigenvalue weighted by molar-refractivity contribution is 14.0. The number of aliphatic imine (C=N–C) groups is 1. The summed E-state index contributed by atoms with van der Waals surface area (Å²) >= 11 is 1.82. The lowest BCUT2D eigenvalue weighted by Crippen LogP contribution is -2.40. The van der Waals surface area contributed by atoms with Gasteiger partial charge in [0.15, 0.2) is 5.96 Å². The third-order valence-corrected chi connectivity index (χ3v) is 5.90. The molecule has 29 heavy (non-hydrogen) atoms. The minimum absolute atomic E-state index is 0. The van der Waals surface area contributed by atoms with Crippen LogP contribution in [-0.2, 0) is 9.47 Å². The van der Waals surface area contributed by atoms with Crippen molar-refractivity contribution in [3.63, 3.8) is 0 Å². The van der Waals surface area contributed by atoms with Gasteiger partial charge >= 0.3 is 0 Å². The normalized spacial score (nSPS) is 17.5. The predicted molar refractivity (Wildman–Crippen MR) is 132 cm³/mol. The fourth-order valence-corrected chi connectivity index (χ4v) is 3.94. The SMILES string of the molecule is CN=C(NCCCOCC1CCCO1)NCC(C)CSc1ccccc1OC.I. The van der Waals surface area contributed by atoms with Crippen LogP contribution in [0.15, 0.2) is 34.2 Å². The van der Waals surface area contributed by atoms with Crippen LogP contribution in [0.25, 0.3) is 0 Å². The zero-order chi connectivity index (χ0) is 20.0. The molecule has 6 nitrogen and oxygen atoms in total. The van der Waals surface area contributed by atoms with E-state index < -0.39 is 0 Å². The van der Waals surface area contributed by atoms with Gasteiger partial charge in [-0.3, -0.25) is 4.99 Å². The zero-order valence-electron chi connectivity index (χ0n) is 17.8. The number of ether oxygens (including phenoxy) is 3. The number of para-hydroxylation sites is 1. The molecule has 8 heteroatoms. The van der Waals surface area contributed by atoms with E-state index in [4.69, 9.17) is 14.2 Å². The number of nitrogens with zero attached hydrogens (tertiary/aromatic N) is 1. The monoisotopic (exact) mass is 537 g/mol. The van der Waals surface area contributed by atoms with Gasteiger partial charge in [0.25, 0.3) is 0 Å². The first-order valence-electron chi connectivity index (χ1n) is 10.1. The van der Waals surface area contributed by atoms with Gasteiger partial charge in [-0.05, 0) is 37.3 Å². The smallest absolute Gasteiger partial charge is 0.190 e. The first-order chi connectivity index (χ1) is 13.7. The van der Waals surface area contributed by atoms with Crippen LogP contribution in [0, 0.1) is 5.92 Å². The highest BCUT2D eigenvalue weighted by atomic mass is 127. The van der Waals surface area contributed by atoms with Crippen molar-refractivity contribution in [3.8, 4) is 5.75 Å². The molecule has 1 aromatic carbocycles. The van der Waals surface area contributed by atoms with Crippen LogP contribution in [-0.4, -0.2) is 64.9 Å². The van der Waals surface area contributed by atoms with Gasteiger partial charge in [0.05, 0.1) is 19.8 Å². The molecule has 0 radical (unpaired) electrons. The third kappa shape index (κ3) is 10.8. The summed E-state index contributed by atoms with van der Waals surface area (Å²) in [4.78, 5) is 5.48. The van der Waals surface area contributed by atoms with Gasteiger partial charge in [-0.2, -0.15) is 0 Å². The molecule has 0 saturated carbocycles. The maximum atomic E-state index is 5.69. The van der Waals surface area contributed by atoms with E-state index in [-0.39, 0.29) is 24.0 Å². The Balaban J connectivity index is 0.00000420. The average molecular weight is 538 g/mol. The van der Waals surface area contributed by atoms with Gasteiger partial charge in [0, 0.05) is 44.0 Å². The highest BCUT2D eigenvalue weighted by Crippen LogP contribution is 2.29. The van der Waals surface area contributed by atoms with Crippen LogP contribution in [0.1, 0.15) is 26.2 Å². The molecule has 166 valence electrons. The largest absolute Gasteiger partial charge is 0.496 e. The molecule has 0 aliphatic carbocycles. The summed E-state index contributed by atoms with van der Waals surface area (Å²) in [6.45, 7) is 6.30. The Morgan fingerprint density at radius 3 is 2.90 bits per heavy atom. The number of benzene rings is 1. The lowest BCUT2D eigenvalue weighted by molar-refractivity contribution is 0.0168. The summed E-state index contributed by atoms with van der Waals surface area (Å²) in [6, 6.07) is 8.15. The van der Waals surface area contributed by atoms with Crippen molar-refractivity contribution in [2.45, 2.75) is 37.2 Å². The summed E-state index contributed by atoms with van der Waals surface area (Å²) in [5.41, 5.74) is 0. The second kappa shape index (κ2) is 16.0. The van der Waals surface area contributed by atoms with Crippen molar-refractivity contribution in [1.82, 2.24) is 10.6 Å². The lowest BCUT2D eigenvalue weighted by Gasteiger charge is -2.16. The van der Waals surface area contributed by atoms with Gasteiger partial charge in [-0.1, -0.05) is 19.1 Å². The summed E-state index contributed by atoms with van der Waals surface area (Å²) in [7, 11) is 3.52. The fraction of sp³-hybridized carbons (Fsp3) is 0.667. The minimum atomic E-state index is 0. The molecule has 0 bridgehead atoms. The molecule has 2 unspecified atom stereocenters. The van der Waals surface area contributed by atoms with Gasteiger partial charge < -0.3 is 24.8 Å². The van der Waals surface area contributed by atoms with Crippen LogP contribution in [0.3, 0.4) is 0 Å². The quantitative estimate of drug-likeness (QED) is 0.139. The second-order valence-electron chi connectivity index (χ2n) is 7.01. The molecule has 1 saturated heterocycles. The molecular formula is C21H36IN3O3S. The average Bonchev–Trinajstić information content (AvgIpc) is 3.24. The number of nitrogens with one attached hydrogen (secondary N) is 2. The third-order valence-electron chi connectivity index (χ3n) is 4.52. The van der Waals surface area contributed by atoms with E-state index in [9.17, 15) is 0 Å². The van der Waals surface area contributed by atoms with E-state index in [2.05, 4.69) is 28.6 Å². The molecule has 2 rings (SSSR count). The number of halogens is 1. The number of hydrogen-bond acceptors (Lipinski definition) is 5. The molecule has 0 spiro atoms. The molecular weight excluding hydrogens is 501 g/mol. The van der Waals surface area contributed by atoms with Gasteiger partial charge in [-0.25, -0.2) is 0 Å². The molecule has 1 fully saturated rings. The van der Waals surface area contributed by atoms with Crippen molar-refractivity contribution < 1.29 is 14.2 Å². The molecule has 1 aliphatic heterocycles. The summed E-state index contributed by atoms with van der Waals surface area (Å²) in [5, 5.41) is 6.75. The standard InChI is InChI=1S/C21H35N3O3S.HI/c1-17(16-28-20-10-5-4-9-19(20)25-3)14-24-21(22-2)23-11-7-12-26-15-18-8-6-13-27-18;/h4-5,9-10,17-18H,6-8,11-16H2,1-3H3,(H2,22,23,24);1H. The summed E-state index contributed by atoms with van der Waals surface area (Å²) in [6.07, 6.45) is 3.54. The van der Waals surface area contributed by atoms with E-state index >= 15 is 0 Å².